The van der Waals surface area contributed by atoms with E-state index in [9.17, 15) is 18.0 Å². The molecule has 1 fully saturated rings. The lowest BCUT2D eigenvalue weighted by atomic mass is 9.91. The molecule has 0 saturated heterocycles. The van der Waals surface area contributed by atoms with Crippen molar-refractivity contribution in [1.29, 1.82) is 0 Å². The summed E-state index contributed by atoms with van der Waals surface area (Å²) in [5, 5.41) is 6.49. The molecule has 2 heterocycles. The van der Waals surface area contributed by atoms with Crippen LogP contribution in [0.2, 0.25) is 0 Å². The molecule has 1 amide bonds. The lowest BCUT2D eigenvalue weighted by molar-refractivity contribution is -0.140. The summed E-state index contributed by atoms with van der Waals surface area (Å²) in [7, 11) is 3.81. The molecule has 0 aliphatic heterocycles. The number of anilines is 2. The van der Waals surface area contributed by atoms with Gasteiger partial charge < -0.3 is 15.5 Å². The minimum atomic E-state index is -4.48. The normalized spacial score (nSPS) is 19.0. The summed E-state index contributed by atoms with van der Waals surface area (Å²) < 4.78 is 40.5. The number of aromatic nitrogens is 2. The zero-order chi connectivity index (χ0) is 22.9. The first-order valence-electron chi connectivity index (χ1n) is 10.6. The number of nitrogens with zero attached hydrogens (tertiary/aromatic N) is 3. The quantitative estimate of drug-likeness (QED) is 0.604. The van der Waals surface area contributed by atoms with Gasteiger partial charge in [-0.1, -0.05) is 18.2 Å². The second-order valence-corrected chi connectivity index (χ2v) is 8.34. The van der Waals surface area contributed by atoms with E-state index in [0.717, 1.165) is 37.6 Å². The Balaban J connectivity index is 1.38. The molecule has 0 unspecified atom stereocenters. The summed E-state index contributed by atoms with van der Waals surface area (Å²) in [4.78, 5) is 18.4. The molecule has 2 N–H and O–H groups in total. The lowest BCUT2D eigenvalue weighted by Crippen LogP contribution is -2.40. The maximum atomic E-state index is 13.0. The molecule has 1 aliphatic carbocycles. The van der Waals surface area contributed by atoms with E-state index in [4.69, 9.17) is 0 Å². The number of carbonyl (C=O) groups is 1. The van der Waals surface area contributed by atoms with Crippen molar-refractivity contribution in [2.24, 2.45) is 0 Å². The van der Waals surface area contributed by atoms with Crippen LogP contribution in [0.25, 0.3) is 5.65 Å². The molecule has 2 aromatic heterocycles. The summed E-state index contributed by atoms with van der Waals surface area (Å²) in [5.74, 6) is 0.492. The average Bonchev–Trinajstić information content (AvgIpc) is 3.21. The number of pyridine rings is 1. The van der Waals surface area contributed by atoms with Crippen LogP contribution < -0.4 is 15.5 Å². The Morgan fingerprint density at radius 2 is 1.72 bits per heavy atom. The zero-order valence-electron chi connectivity index (χ0n) is 18.0. The molecule has 6 nitrogen and oxygen atoms in total. The number of fused-ring (bicyclic) bond motifs is 1. The van der Waals surface area contributed by atoms with Gasteiger partial charge in [-0.3, -0.25) is 9.20 Å². The number of alkyl halides is 3. The number of halogens is 3. The largest absolute Gasteiger partial charge is 0.434 e. The minimum absolute atomic E-state index is 0.0663. The molecule has 0 atom stereocenters. The predicted molar refractivity (Wildman–Crippen MR) is 118 cm³/mol. The highest BCUT2D eigenvalue weighted by Crippen LogP contribution is 2.30. The van der Waals surface area contributed by atoms with Gasteiger partial charge in [-0.2, -0.15) is 13.2 Å². The van der Waals surface area contributed by atoms with E-state index in [2.05, 4.69) is 15.6 Å². The third-order valence-corrected chi connectivity index (χ3v) is 5.83. The van der Waals surface area contributed by atoms with Gasteiger partial charge in [0.25, 0.3) is 5.91 Å². The fourth-order valence-corrected chi connectivity index (χ4v) is 4.17. The number of para-hydroxylation sites is 1. The third kappa shape index (κ3) is 4.66. The Kier molecular flexibility index (Phi) is 5.99. The van der Waals surface area contributed by atoms with E-state index in [-0.39, 0.29) is 23.6 Å². The lowest BCUT2D eigenvalue weighted by Gasteiger charge is -2.30. The number of nitrogens with one attached hydrogen (secondary N) is 2. The summed E-state index contributed by atoms with van der Waals surface area (Å²) in [6, 6.07) is 12.7. The number of carbonyl (C=O) groups excluding carboxylic acids is 1. The van der Waals surface area contributed by atoms with Crippen LogP contribution in [0.5, 0.6) is 0 Å². The summed E-state index contributed by atoms with van der Waals surface area (Å²) in [5.41, 5.74) is 0.857. The molecule has 170 valence electrons. The fraction of sp³-hybridized carbons (Fsp3) is 0.391. The van der Waals surface area contributed by atoms with Crippen molar-refractivity contribution in [2.45, 2.75) is 43.9 Å². The van der Waals surface area contributed by atoms with Gasteiger partial charge in [0.15, 0.2) is 5.69 Å². The van der Waals surface area contributed by atoms with Gasteiger partial charge in [0.05, 0.1) is 5.56 Å². The molecule has 0 radical (unpaired) electrons. The monoisotopic (exact) mass is 445 g/mol. The first-order chi connectivity index (χ1) is 15.2. The minimum Gasteiger partial charge on any atom is -0.377 e. The number of hydrogen-bond acceptors (Lipinski definition) is 4. The van der Waals surface area contributed by atoms with Crippen LogP contribution in [0.3, 0.4) is 0 Å². The topological polar surface area (TPSA) is 61.7 Å². The van der Waals surface area contributed by atoms with E-state index < -0.39 is 11.9 Å². The molecule has 0 spiro atoms. The highest BCUT2D eigenvalue weighted by Gasteiger charge is 2.34. The Morgan fingerprint density at radius 3 is 2.41 bits per heavy atom. The van der Waals surface area contributed by atoms with E-state index in [1.54, 1.807) is 18.2 Å². The standard InChI is InChI=1S/C23H26F3N5O/c1-30(2)18-7-4-3-6-17(18)22(32)28-16-12-10-15(11-13-16)27-20-8-5-9-21-29-19(14-31(20)21)23(24,25)26/h3-9,14-16,27H,10-13H2,1-2H3,(H,28,32). The second-order valence-electron chi connectivity index (χ2n) is 8.34. The maximum Gasteiger partial charge on any atom is 0.434 e. The van der Waals surface area contributed by atoms with Crippen LogP contribution >= 0.6 is 0 Å². The number of imidazole rings is 1. The number of amides is 1. The van der Waals surface area contributed by atoms with Crippen LogP contribution in [-0.4, -0.2) is 41.5 Å². The molecule has 1 aromatic carbocycles. The molecular weight excluding hydrogens is 419 g/mol. The Hall–Kier alpha value is -3.23. The second kappa shape index (κ2) is 8.72. The van der Waals surface area contributed by atoms with Crippen LogP contribution in [0.15, 0.2) is 48.7 Å². The average molecular weight is 445 g/mol. The van der Waals surface area contributed by atoms with Gasteiger partial charge in [-0.15, -0.1) is 0 Å². The van der Waals surface area contributed by atoms with Crippen molar-refractivity contribution >= 4 is 23.1 Å². The number of hydrogen-bond donors (Lipinski definition) is 2. The van der Waals surface area contributed by atoms with Gasteiger partial charge >= 0.3 is 6.18 Å². The summed E-state index contributed by atoms with van der Waals surface area (Å²) in [6.07, 6.45) is -0.270. The van der Waals surface area contributed by atoms with E-state index in [0.29, 0.717) is 11.4 Å². The van der Waals surface area contributed by atoms with Gasteiger partial charge in [-0.25, -0.2) is 4.98 Å². The van der Waals surface area contributed by atoms with E-state index in [1.807, 2.05) is 43.3 Å². The molecule has 32 heavy (non-hydrogen) atoms. The highest BCUT2D eigenvalue weighted by atomic mass is 19.4. The number of rotatable bonds is 5. The smallest absolute Gasteiger partial charge is 0.377 e. The summed E-state index contributed by atoms with van der Waals surface area (Å²) in [6.45, 7) is 0. The maximum absolute atomic E-state index is 13.0. The van der Waals surface area contributed by atoms with Crippen molar-refractivity contribution in [3.8, 4) is 0 Å². The van der Waals surface area contributed by atoms with Crippen LogP contribution in [-0.2, 0) is 6.18 Å². The van der Waals surface area contributed by atoms with E-state index in [1.165, 1.54) is 4.40 Å². The molecule has 9 heteroatoms. The van der Waals surface area contributed by atoms with Gasteiger partial charge in [-0.05, 0) is 49.9 Å². The third-order valence-electron chi connectivity index (χ3n) is 5.83. The summed E-state index contributed by atoms with van der Waals surface area (Å²) >= 11 is 0. The van der Waals surface area contributed by atoms with Gasteiger partial charge in [0.1, 0.15) is 11.5 Å². The van der Waals surface area contributed by atoms with Crippen LogP contribution in [0, 0.1) is 0 Å². The molecular formula is C23H26F3N5O. The fourth-order valence-electron chi connectivity index (χ4n) is 4.17. The zero-order valence-corrected chi connectivity index (χ0v) is 18.0. The number of benzene rings is 1. The molecule has 3 aromatic rings. The first-order valence-corrected chi connectivity index (χ1v) is 10.6. The Labute approximate surface area is 184 Å². The van der Waals surface area contributed by atoms with Gasteiger partial charge in [0, 0.05) is 38.1 Å². The highest BCUT2D eigenvalue weighted by molar-refractivity contribution is 5.99. The SMILES string of the molecule is CN(C)c1ccccc1C(=O)NC1CCC(Nc2cccc3nc(C(F)(F)F)cn23)CC1. The van der Waals surface area contributed by atoms with Crippen LogP contribution in [0.1, 0.15) is 41.7 Å². The molecule has 1 saturated carbocycles. The van der Waals surface area contributed by atoms with Gasteiger partial charge in [0.2, 0.25) is 0 Å². The van der Waals surface area contributed by atoms with Crippen molar-refractivity contribution < 1.29 is 18.0 Å². The van der Waals surface area contributed by atoms with Crippen molar-refractivity contribution in [3.05, 3.63) is 59.9 Å². The molecule has 4 rings (SSSR count). The van der Waals surface area contributed by atoms with Crippen LogP contribution in [0.4, 0.5) is 24.7 Å². The Morgan fingerprint density at radius 1 is 1.03 bits per heavy atom. The first kappa shape index (κ1) is 22.0. The Bertz CT molecular complexity index is 1100. The van der Waals surface area contributed by atoms with Crippen molar-refractivity contribution in [2.75, 3.05) is 24.3 Å². The van der Waals surface area contributed by atoms with E-state index >= 15 is 0 Å². The van der Waals surface area contributed by atoms with Crippen molar-refractivity contribution in [3.63, 3.8) is 0 Å². The molecule has 1 aliphatic rings. The predicted octanol–water partition coefficient (Wildman–Crippen LogP) is 4.57. The van der Waals surface area contributed by atoms with Crippen molar-refractivity contribution in [1.82, 2.24) is 14.7 Å². The molecule has 0 bridgehead atoms.